The minimum atomic E-state index is -0.533. The van der Waals surface area contributed by atoms with Crippen LogP contribution in [-0.2, 0) is 9.53 Å². The molecule has 0 aliphatic rings. The summed E-state index contributed by atoms with van der Waals surface area (Å²) < 4.78 is 9.38. The summed E-state index contributed by atoms with van der Waals surface area (Å²) in [5.41, 5.74) is 7.18. The zero-order valence-corrected chi connectivity index (χ0v) is 9.80. The molecule has 0 saturated carbocycles. The number of fused-ring (bicyclic) bond motifs is 1. The molecule has 6 nitrogen and oxygen atoms in total. The molecule has 0 aliphatic heterocycles. The lowest BCUT2D eigenvalue weighted by Crippen LogP contribution is -2.03. The van der Waals surface area contributed by atoms with E-state index in [4.69, 9.17) is 10.2 Å². The number of nitrogens with one attached hydrogen (secondary N) is 1. The van der Waals surface area contributed by atoms with Crippen LogP contribution in [0.25, 0.3) is 11.1 Å². The summed E-state index contributed by atoms with van der Waals surface area (Å²) in [6.45, 7) is 0. The number of H-pyrrole nitrogens is 1. The topological polar surface area (TPSA) is 98.3 Å². The molecule has 17 heavy (non-hydrogen) atoms. The SMILES string of the molecule is COC(=O)CSc1cc2[nH]c(=O)oc2cc1N. The number of aromatic nitrogens is 1. The van der Waals surface area contributed by atoms with Crippen LogP contribution in [0.5, 0.6) is 0 Å². The predicted octanol–water partition coefficient (Wildman–Crippen LogP) is 0.968. The van der Waals surface area contributed by atoms with Crippen LogP contribution in [0.4, 0.5) is 5.69 Å². The van der Waals surface area contributed by atoms with Crippen LogP contribution in [0, 0.1) is 0 Å². The standard InChI is InChI=1S/C10H10N2O4S/c1-15-9(13)4-17-8-3-6-7(2-5(8)11)16-10(14)12-6/h2-3H,4,11H2,1H3,(H,12,14). The highest BCUT2D eigenvalue weighted by atomic mass is 32.2. The Balaban J connectivity index is 2.30. The first-order valence-electron chi connectivity index (χ1n) is 4.72. The highest BCUT2D eigenvalue weighted by Gasteiger charge is 2.09. The van der Waals surface area contributed by atoms with Crippen molar-refractivity contribution in [1.29, 1.82) is 0 Å². The van der Waals surface area contributed by atoms with Crippen molar-refractivity contribution in [2.24, 2.45) is 0 Å². The molecule has 0 spiro atoms. The van der Waals surface area contributed by atoms with Gasteiger partial charge in [-0.1, -0.05) is 0 Å². The molecule has 0 fully saturated rings. The molecule has 1 aromatic heterocycles. The van der Waals surface area contributed by atoms with E-state index in [9.17, 15) is 9.59 Å². The fraction of sp³-hybridized carbons (Fsp3) is 0.200. The van der Waals surface area contributed by atoms with Crippen molar-refractivity contribution in [2.45, 2.75) is 4.90 Å². The number of methoxy groups -OCH3 is 1. The van der Waals surface area contributed by atoms with Crippen molar-refractivity contribution < 1.29 is 13.9 Å². The monoisotopic (exact) mass is 254 g/mol. The highest BCUT2D eigenvalue weighted by molar-refractivity contribution is 8.00. The number of carbonyl (C=O) groups is 1. The molecular weight excluding hydrogens is 244 g/mol. The lowest BCUT2D eigenvalue weighted by atomic mass is 10.3. The molecule has 0 bridgehead atoms. The fourth-order valence-corrected chi connectivity index (χ4v) is 2.13. The largest absolute Gasteiger partial charge is 0.468 e. The minimum absolute atomic E-state index is 0.161. The van der Waals surface area contributed by atoms with Crippen LogP contribution >= 0.6 is 11.8 Å². The summed E-state index contributed by atoms with van der Waals surface area (Å²) in [5, 5.41) is 0. The van der Waals surface area contributed by atoms with E-state index in [1.807, 2.05) is 0 Å². The molecule has 7 heteroatoms. The molecule has 0 amide bonds. The van der Waals surface area contributed by atoms with Crippen molar-refractivity contribution in [1.82, 2.24) is 4.98 Å². The number of thioether (sulfide) groups is 1. The van der Waals surface area contributed by atoms with Gasteiger partial charge in [-0.15, -0.1) is 11.8 Å². The van der Waals surface area contributed by atoms with E-state index in [2.05, 4.69) is 9.72 Å². The third kappa shape index (κ3) is 2.44. The van der Waals surface area contributed by atoms with Crippen molar-refractivity contribution in [3.05, 3.63) is 22.7 Å². The van der Waals surface area contributed by atoms with E-state index in [1.165, 1.54) is 18.9 Å². The molecule has 0 radical (unpaired) electrons. The van der Waals surface area contributed by atoms with Crippen LogP contribution in [0.3, 0.4) is 0 Å². The smallest absolute Gasteiger partial charge is 0.417 e. The first-order valence-corrected chi connectivity index (χ1v) is 5.70. The minimum Gasteiger partial charge on any atom is -0.468 e. The number of oxazole rings is 1. The molecule has 0 atom stereocenters. The van der Waals surface area contributed by atoms with Gasteiger partial charge in [-0.05, 0) is 6.07 Å². The highest BCUT2D eigenvalue weighted by Crippen LogP contribution is 2.28. The zero-order chi connectivity index (χ0) is 12.4. The Kier molecular flexibility index (Phi) is 3.10. The molecule has 2 rings (SSSR count). The summed E-state index contributed by atoms with van der Waals surface area (Å²) in [5.74, 6) is -0.710. The number of carbonyl (C=O) groups excluding carboxylic acids is 1. The lowest BCUT2D eigenvalue weighted by molar-refractivity contribution is -0.137. The third-order valence-electron chi connectivity index (χ3n) is 2.12. The van der Waals surface area contributed by atoms with Gasteiger partial charge in [0.25, 0.3) is 0 Å². The summed E-state index contributed by atoms with van der Waals surface area (Å²) in [6, 6.07) is 3.22. The van der Waals surface area contributed by atoms with Crippen LogP contribution in [0.1, 0.15) is 0 Å². The van der Waals surface area contributed by atoms with Crippen LogP contribution < -0.4 is 11.5 Å². The van der Waals surface area contributed by atoms with E-state index in [-0.39, 0.29) is 11.7 Å². The number of nitrogen functional groups attached to an aromatic ring is 1. The molecule has 1 heterocycles. The number of benzene rings is 1. The summed E-state index contributed by atoms with van der Waals surface area (Å²) in [6.07, 6.45) is 0. The molecule has 2 aromatic rings. The average Bonchev–Trinajstić information content (AvgIpc) is 2.64. The number of hydrogen-bond acceptors (Lipinski definition) is 6. The van der Waals surface area contributed by atoms with Gasteiger partial charge in [0, 0.05) is 16.6 Å². The third-order valence-corrected chi connectivity index (χ3v) is 3.17. The van der Waals surface area contributed by atoms with Crippen LogP contribution in [0.15, 0.2) is 26.2 Å². The van der Waals surface area contributed by atoms with E-state index in [1.54, 1.807) is 12.1 Å². The average molecular weight is 254 g/mol. The maximum absolute atomic E-state index is 11.0. The first kappa shape index (κ1) is 11.6. The van der Waals surface area contributed by atoms with Crippen molar-refractivity contribution in [3.63, 3.8) is 0 Å². The quantitative estimate of drug-likeness (QED) is 0.481. The van der Waals surface area contributed by atoms with E-state index in [0.717, 1.165) is 0 Å². The van der Waals surface area contributed by atoms with Gasteiger partial charge in [-0.2, -0.15) is 0 Å². The molecule has 0 saturated heterocycles. The lowest BCUT2D eigenvalue weighted by Gasteiger charge is -2.03. The Morgan fingerprint density at radius 3 is 3.06 bits per heavy atom. The van der Waals surface area contributed by atoms with Gasteiger partial charge in [-0.3, -0.25) is 9.78 Å². The maximum atomic E-state index is 11.0. The van der Waals surface area contributed by atoms with Crippen LogP contribution in [-0.4, -0.2) is 23.8 Å². The number of ether oxygens (including phenoxy) is 1. The zero-order valence-electron chi connectivity index (χ0n) is 8.98. The Labute approximate surface area is 100 Å². The second kappa shape index (κ2) is 4.54. The van der Waals surface area contributed by atoms with E-state index < -0.39 is 5.76 Å². The first-order chi connectivity index (χ1) is 8.10. The second-order valence-electron chi connectivity index (χ2n) is 3.27. The summed E-state index contributed by atoms with van der Waals surface area (Å²) in [7, 11) is 1.32. The number of nitrogens with two attached hydrogens (primary N) is 1. The number of aromatic amines is 1. The fourth-order valence-electron chi connectivity index (χ4n) is 1.31. The van der Waals surface area contributed by atoms with E-state index >= 15 is 0 Å². The molecular formula is C10H10N2O4S. The van der Waals surface area contributed by atoms with E-state index in [0.29, 0.717) is 21.7 Å². The van der Waals surface area contributed by atoms with Gasteiger partial charge in [-0.25, -0.2) is 4.79 Å². The predicted molar refractivity (Wildman–Crippen MR) is 64.0 cm³/mol. The molecule has 0 aliphatic carbocycles. The molecule has 90 valence electrons. The van der Waals surface area contributed by atoms with Gasteiger partial charge in [0.1, 0.15) is 0 Å². The summed E-state index contributed by atoms with van der Waals surface area (Å²) >= 11 is 1.24. The Morgan fingerprint density at radius 2 is 2.35 bits per heavy atom. The Hall–Kier alpha value is -1.89. The molecule has 3 N–H and O–H groups in total. The number of esters is 1. The van der Waals surface area contributed by atoms with Crippen molar-refractivity contribution in [2.75, 3.05) is 18.6 Å². The van der Waals surface area contributed by atoms with Gasteiger partial charge >= 0.3 is 11.7 Å². The number of rotatable bonds is 3. The van der Waals surface area contributed by atoms with Gasteiger partial charge in [0.05, 0.1) is 18.4 Å². The van der Waals surface area contributed by atoms with Crippen LogP contribution in [0.2, 0.25) is 0 Å². The normalized spacial score (nSPS) is 10.6. The maximum Gasteiger partial charge on any atom is 0.417 e. The Morgan fingerprint density at radius 1 is 1.59 bits per heavy atom. The summed E-state index contributed by atoms with van der Waals surface area (Å²) in [4.78, 5) is 25.2. The molecule has 1 aromatic carbocycles. The van der Waals surface area contributed by atoms with Gasteiger partial charge < -0.3 is 14.9 Å². The van der Waals surface area contributed by atoms with Crippen molar-refractivity contribution >= 4 is 34.5 Å². The Bertz CT molecular complexity index is 616. The van der Waals surface area contributed by atoms with Gasteiger partial charge in [0.15, 0.2) is 5.58 Å². The number of hydrogen-bond donors (Lipinski definition) is 2. The van der Waals surface area contributed by atoms with Crippen molar-refractivity contribution in [3.8, 4) is 0 Å². The molecule has 0 unspecified atom stereocenters. The number of anilines is 1. The van der Waals surface area contributed by atoms with Gasteiger partial charge in [0.2, 0.25) is 0 Å². The second-order valence-corrected chi connectivity index (χ2v) is 4.28.